The van der Waals surface area contributed by atoms with Gasteiger partial charge in [-0.3, -0.25) is 9.69 Å². The van der Waals surface area contributed by atoms with E-state index in [1.807, 2.05) is 31.2 Å². The summed E-state index contributed by atoms with van der Waals surface area (Å²) in [5.41, 5.74) is 2.01. The molecular weight excluding hydrogens is 316 g/mol. The zero-order valence-electron chi connectivity index (χ0n) is 15.0. The molecule has 1 saturated heterocycles. The summed E-state index contributed by atoms with van der Waals surface area (Å²) in [6.07, 6.45) is 3.94. The molecule has 3 rings (SSSR count). The second-order valence-corrected chi connectivity index (χ2v) is 6.75. The Morgan fingerprint density at radius 3 is 2.80 bits per heavy atom. The van der Waals surface area contributed by atoms with E-state index in [0.29, 0.717) is 24.3 Å². The van der Waals surface area contributed by atoms with Gasteiger partial charge in [0, 0.05) is 18.2 Å². The van der Waals surface area contributed by atoms with Gasteiger partial charge in [-0.1, -0.05) is 35.8 Å². The quantitative estimate of drug-likeness (QED) is 0.874. The van der Waals surface area contributed by atoms with Crippen molar-refractivity contribution in [3.8, 4) is 11.4 Å². The van der Waals surface area contributed by atoms with Crippen LogP contribution in [-0.2, 0) is 11.2 Å². The number of nitrogens with one attached hydrogen (secondary N) is 1. The van der Waals surface area contributed by atoms with Gasteiger partial charge in [-0.15, -0.1) is 0 Å². The first-order chi connectivity index (χ1) is 12.1. The van der Waals surface area contributed by atoms with E-state index in [9.17, 15) is 4.79 Å². The third-order valence-corrected chi connectivity index (χ3v) is 4.77. The largest absolute Gasteiger partial charge is 0.354 e. The van der Waals surface area contributed by atoms with Crippen LogP contribution in [-0.4, -0.2) is 46.6 Å². The van der Waals surface area contributed by atoms with Crippen molar-refractivity contribution in [3.05, 3.63) is 35.7 Å². The van der Waals surface area contributed by atoms with E-state index in [4.69, 9.17) is 4.52 Å². The minimum atomic E-state index is -0.0798. The molecule has 0 saturated carbocycles. The molecule has 0 aliphatic carbocycles. The lowest BCUT2D eigenvalue weighted by atomic mass is 10.1. The van der Waals surface area contributed by atoms with Crippen molar-refractivity contribution in [1.29, 1.82) is 0 Å². The SMILES string of the molecule is Cc1ccccc1-c1noc(CC(=O)NCC(C)N2CCCCC2)n1. The van der Waals surface area contributed by atoms with Crippen LogP contribution >= 0.6 is 0 Å². The molecule has 1 unspecified atom stereocenters. The van der Waals surface area contributed by atoms with Crippen LogP contribution < -0.4 is 5.32 Å². The van der Waals surface area contributed by atoms with E-state index < -0.39 is 0 Å². The Bertz CT molecular complexity index is 707. The lowest BCUT2D eigenvalue weighted by Crippen LogP contribution is -2.44. The van der Waals surface area contributed by atoms with Crippen LogP contribution in [0.2, 0.25) is 0 Å². The predicted molar refractivity (Wildman–Crippen MR) is 96.1 cm³/mol. The van der Waals surface area contributed by atoms with E-state index in [2.05, 4.69) is 27.3 Å². The highest BCUT2D eigenvalue weighted by Crippen LogP contribution is 2.19. The van der Waals surface area contributed by atoms with Crippen molar-refractivity contribution in [2.45, 2.75) is 45.6 Å². The number of likely N-dealkylation sites (tertiary alicyclic amines) is 1. The number of hydrogen-bond acceptors (Lipinski definition) is 5. The fourth-order valence-corrected chi connectivity index (χ4v) is 3.21. The van der Waals surface area contributed by atoms with Gasteiger partial charge in [-0.25, -0.2) is 0 Å². The van der Waals surface area contributed by atoms with E-state index in [0.717, 1.165) is 24.2 Å². The highest BCUT2D eigenvalue weighted by Gasteiger charge is 2.18. The Labute approximate surface area is 148 Å². The Morgan fingerprint density at radius 1 is 1.28 bits per heavy atom. The first-order valence-electron chi connectivity index (χ1n) is 9.03. The predicted octanol–water partition coefficient (Wildman–Crippen LogP) is 2.58. The Kier molecular flexibility index (Phi) is 5.81. The molecular formula is C19H26N4O2. The van der Waals surface area contributed by atoms with Crippen LogP contribution in [0.5, 0.6) is 0 Å². The monoisotopic (exact) mass is 342 g/mol. The molecule has 1 aromatic heterocycles. The van der Waals surface area contributed by atoms with Crippen LogP contribution in [0.4, 0.5) is 0 Å². The summed E-state index contributed by atoms with van der Waals surface area (Å²) in [7, 11) is 0. The van der Waals surface area contributed by atoms with Crippen LogP contribution in [0.1, 0.15) is 37.6 Å². The number of amides is 1. The zero-order valence-corrected chi connectivity index (χ0v) is 15.0. The maximum Gasteiger partial charge on any atom is 0.236 e. The molecule has 25 heavy (non-hydrogen) atoms. The van der Waals surface area contributed by atoms with Gasteiger partial charge in [0.25, 0.3) is 0 Å². The number of piperidine rings is 1. The van der Waals surface area contributed by atoms with E-state index in [-0.39, 0.29) is 12.3 Å². The number of rotatable bonds is 6. The minimum absolute atomic E-state index is 0.0798. The first kappa shape index (κ1) is 17.6. The molecule has 0 radical (unpaired) electrons. The van der Waals surface area contributed by atoms with Crippen molar-refractivity contribution in [2.24, 2.45) is 0 Å². The minimum Gasteiger partial charge on any atom is -0.354 e. The maximum absolute atomic E-state index is 12.2. The highest BCUT2D eigenvalue weighted by molar-refractivity contribution is 5.77. The Morgan fingerprint density at radius 2 is 2.04 bits per heavy atom. The van der Waals surface area contributed by atoms with Gasteiger partial charge in [0.05, 0.1) is 0 Å². The van der Waals surface area contributed by atoms with E-state index in [1.54, 1.807) is 0 Å². The molecule has 2 aromatic rings. The van der Waals surface area contributed by atoms with Gasteiger partial charge in [0.2, 0.25) is 17.6 Å². The van der Waals surface area contributed by atoms with Gasteiger partial charge in [0.15, 0.2) is 0 Å². The topological polar surface area (TPSA) is 71.3 Å². The number of nitrogens with zero attached hydrogens (tertiary/aromatic N) is 3. The number of carbonyl (C=O) groups is 1. The lowest BCUT2D eigenvalue weighted by molar-refractivity contribution is -0.121. The normalized spacial score (nSPS) is 16.6. The van der Waals surface area contributed by atoms with Gasteiger partial charge < -0.3 is 9.84 Å². The average molecular weight is 342 g/mol. The molecule has 1 atom stereocenters. The van der Waals surface area contributed by atoms with Crippen molar-refractivity contribution >= 4 is 5.91 Å². The standard InChI is InChI=1S/C19H26N4O2/c1-14-8-4-5-9-16(14)19-21-18(25-22-19)12-17(24)20-13-15(2)23-10-6-3-7-11-23/h4-5,8-9,15H,3,6-7,10-13H2,1-2H3,(H,20,24). The molecule has 0 bridgehead atoms. The van der Waals surface area contributed by atoms with Gasteiger partial charge >= 0.3 is 0 Å². The van der Waals surface area contributed by atoms with Crippen LogP contribution in [0, 0.1) is 6.92 Å². The summed E-state index contributed by atoms with van der Waals surface area (Å²) in [6, 6.07) is 8.21. The van der Waals surface area contributed by atoms with Gasteiger partial charge in [-0.2, -0.15) is 4.98 Å². The molecule has 1 N–H and O–H groups in total. The molecule has 1 fully saturated rings. The van der Waals surface area contributed by atoms with Crippen LogP contribution in [0.25, 0.3) is 11.4 Å². The molecule has 1 aromatic carbocycles. The lowest BCUT2D eigenvalue weighted by Gasteiger charge is -2.32. The molecule has 6 nitrogen and oxygen atoms in total. The van der Waals surface area contributed by atoms with Crippen LogP contribution in [0.3, 0.4) is 0 Å². The molecule has 0 spiro atoms. The van der Waals surface area contributed by atoms with E-state index >= 15 is 0 Å². The average Bonchev–Trinajstić information content (AvgIpc) is 3.09. The van der Waals surface area contributed by atoms with Crippen molar-refractivity contribution < 1.29 is 9.32 Å². The van der Waals surface area contributed by atoms with E-state index in [1.165, 1.54) is 19.3 Å². The van der Waals surface area contributed by atoms with Crippen molar-refractivity contribution in [1.82, 2.24) is 20.4 Å². The summed E-state index contributed by atoms with van der Waals surface area (Å²) in [6.45, 7) is 7.06. The number of aryl methyl sites for hydroxylation is 1. The Hall–Kier alpha value is -2.21. The van der Waals surface area contributed by atoms with Crippen molar-refractivity contribution in [3.63, 3.8) is 0 Å². The second kappa shape index (κ2) is 8.25. The van der Waals surface area contributed by atoms with Gasteiger partial charge in [0.1, 0.15) is 6.42 Å². The number of hydrogen-bond donors (Lipinski definition) is 1. The molecule has 1 aliphatic rings. The maximum atomic E-state index is 12.2. The molecule has 1 aliphatic heterocycles. The summed E-state index contributed by atoms with van der Waals surface area (Å²) >= 11 is 0. The molecule has 2 heterocycles. The second-order valence-electron chi connectivity index (χ2n) is 6.75. The van der Waals surface area contributed by atoms with Crippen LogP contribution in [0.15, 0.2) is 28.8 Å². The zero-order chi connectivity index (χ0) is 17.6. The smallest absolute Gasteiger partial charge is 0.236 e. The van der Waals surface area contributed by atoms with Gasteiger partial charge in [-0.05, 0) is 45.3 Å². The van der Waals surface area contributed by atoms with Crippen molar-refractivity contribution in [2.75, 3.05) is 19.6 Å². The number of aromatic nitrogens is 2. The number of carbonyl (C=O) groups excluding carboxylic acids is 1. The molecule has 1 amide bonds. The summed E-state index contributed by atoms with van der Waals surface area (Å²) in [4.78, 5) is 18.9. The molecule has 134 valence electrons. The third-order valence-electron chi connectivity index (χ3n) is 4.77. The highest BCUT2D eigenvalue weighted by atomic mass is 16.5. The number of benzene rings is 1. The fourth-order valence-electron chi connectivity index (χ4n) is 3.21. The summed E-state index contributed by atoms with van der Waals surface area (Å²) in [5, 5.41) is 6.97. The third kappa shape index (κ3) is 4.66. The molecule has 6 heteroatoms. The summed E-state index contributed by atoms with van der Waals surface area (Å²) in [5.74, 6) is 0.799. The summed E-state index contributed by atoms with van der Waals surface area (Å²) < 4.78 is 5.24. The fraction of sp³-hybridized carbons (Fsp3) is 0.526. The Balaban J connectivity index is 1.51. The first-order valence-corrected chi connectivity index (χ1v) is 9.03.